The van der Waals surface area contributed by atoms with Gasteiger partial charge in [0.05, 0.1) is 6.54 Å². The number of carboxylic acid groups (broad SMARTS) is 1. The van der Waals surface area contributed by atoms with Crippen LogP contribution in [-0.4, -0.2) is 48.8 Å². The molecule has 0 aliphatic carbocycles. The van der Waals surface area contributed by atoms with Crippen LogP contribution in [0.4, 0.5) is 0 Å². The average Bonchev–Trinajstić information content (AvgIpc) is 2.83. The molecule has 0 saturated heterocycles. The van der Waals surface area contributed by atoms with E-state index in [-0.39, 0.29) is 25.8 Å². The highest BCUT2D eigenvalue weighted by Gasteiger charge is 2.14. The molecule has 0 spiro atoms. The van der Waals surface area contributed by atoms with E-state index >= 15 is 0 Å². The first kappa shape index (κ1) is 14.1. The number of hydrogen-bond acceptors (Lipinski definition) is 5. The summed E-state index contributed by atoms with van der Waals surface area (Å²) in [5.74, 6) is 0.0363. The Hall–Kier alpha value is -2.28. The molecule has 7 nitrogen and oxygen atoms in total. The Kier molecular flexibility index (Phi) is 4.41. The van der Waals surface area contributed by atoms with Crippen molar-refractivity contribution in [1.82, 2.24) is 10.2 Å². The molecular weight excluding hydrogens is 264 g/mol. The summed E-state index contributed by atoms with van der Waals surface area (Å²) >= 11 is 0. The van der Waals surface area contributed by atoms with Crippen LogP contribution in [0.3, 0.4) is 0 Å². The lowest BCUT2D eigenvalue weighted by atomic mass is 10.2. The molecule has 0 atom stereocenters. The summed E-state index contributed by atoms with van der Waals surface area (Å²) in [5.41, 5.74) is 0.989. The van der Waals surface area contributed by atoms with E-state index in [9.17, 15) is 9.59 Å². The predicted octanol–water partition coefficient (Wildman–Crippen LogP) is 0.0479. The van der Waals surface area contributed by atoms with Gasteiger partial charge in [-0.05, 0) is 24.7 Å². The minimum atomic E-state index is -1.06. The van der Waals surface area contributed by atoms with Gasteiger partial charge in [0.15, 0.2) is 11.5 Å². The highest BCUT2D eigenvalue weighted by molar-refractivity contribution is 5.82. The summed E-state index contributed by atoms with van der Waals surface area (Å²) in [6.07, 6.45) is 0. The first-order chi connectivity index (χ1) is 9.54. The Morgan fingerprint density at radius 3 is 2.85 bits per heavy atom. The van der Waals surface area contributed by atoms with Gasteiger partial charge in [-0.25, -0.2) is 0 Å². The number of nitrogens with one attached hydrogen (secondary N) is 1. The topological polar surface area (TPSA) is 88.1 Å². The molecule has 2 rings (SSSR count). The number of fused-ring (bicyclic) bond motifs is 1. The third-order valence-electron chi connectivity index (χ3n) is 2.74. The lowest BCUT2D eigenvalue weighted by molar-refractivity contribution is -0.138. The van der Waals surface area contributed by atoms with Crippen LogP contribution in [0.2, 0.25) is 0 Å². The van der Waals surface area contributed by atoms with Crippen LogP contribution in [0.15, 0.2) is 18.2 Å². The summed E-state index contributed by atoms with van der Waals surface area (Å²) in [5, 5.41) is 10.8. The molecule has 108 valence electrons. The molecule has 0 aromatic heterocycles. The lowest BCUT2D eigenvalue weighted by Gasteiger charge is -2.16. The summed E-state index contributed by atoms with van der Waals surface area (Å²) in [7, 11) is 1.78. The number of hydrogen-bond donors (Lipinski definition) is 2. The molecule has 1 aliphatic heterocycles. The Morgan fingerprint density at radius 1 is 1.35 bits per heavy atom. The molecule has 7 heteroatoms. The minimum Gasteiger partial charge on any atom is -0.480 e. The van der Waals surface area contributed by atoms with Crippen molar-refractivity contribution < 1.29 is 24.2 Å². The SMILES string of the molecule is CN(CC(=O)NCC(=O)O)Cc1ccc2c(c1)OCO2. The van der Waals surface area contributed by atoms with Gasteiger partial charge in [-0.2, -0.15) is 0 Å². The third-order valence-corrected chi connectivity index (χ3v) is 2.74. The van der Waals surface area contributed by atoms with Crippen molar-refractivity contribution >= 4 is 11.9 Å². The van der Waals surface area contributed by atoms with Crippen LogP contribution in [0, 0.1) is 0 Å². The number of amides is 1. The van der Waals surface area contributed by atoms with E-state index in [2.05, 4.69) is 5.32 Å². The largest absolute Gasteiger partial charge is 0.480 e. The molecule has 1 amide bonds. The van der Waals surface area contributed by atoms with E-state index in [1.807, 2.05) is 18.2 Å². The lowest BCUT2D eigenvalue weighted by Crippen LogP contribution is -2.37. The molecule has 1 heterocycles. The molecular formula is C13H16N2O5. The number of aliphatic carboxylic acids is 1. The number of rotatable bonds is 6. The quantitative estimate of drug-likeness (QED) is 0.765. The van der Waals surface area contributed by atoms with Gasteiger partial charge in [-0.15, -0.1) is 0 Å². The zero-order chi connectivity index (χ0) is 14.5. The standard InChI is InChI=1S/C13H16N2O5/c1-15(7-12(16)14-5-13(17)18)6-9-2-3-10-11(4-9)20-8-19-10/h2-4H,5-8H2,1H3,(H,14,16)(H,17,18). The normalized spacial score (nSPS) is 12.5. The van der Waals surface area contributed by atoms with Gasteiger partial charge >= 0.3 is 5.97 Å². The molecule has 1 aliphatic rings. The van der Waals surface area contributed by atoms with Crippen molar-refractivity contribution in [2.24, 2.45) is 0 Å². The molecule has 0 saturated carbocycles. The fourth-order valence-electron chi connectivity index (χ4n) is 1.88. The number of benzene rings is 1. The average molecular weight is 280 g/mol. The second-order valence-electron chi connectivity index (χ2n) is 4.53. The zero-order valence-electron chi connectivity index (χ0n) is 11.1. The van der Waals surface area contributed by atoms with E-state index in [1.165, 1.54) is 0 Å². The van der Waals surface area contributed by atoms with Crippen molar-refractivity contribution in [2.45, 2.75) is 6.54 Å². The summed E-state index contributed by atoms with van der Waals surface area (Å²) < 4.78 is 10.5. The van der Waals surface area contributed by atoms with Crippen molar-refractivity contribution in [3.05, 3.63) is 23.8 Å². The van der Waals surface area contributed by atoms with Gasteiger partial charge < -0.3 is 19.9 Å². The molecule has 20 heavy (non-hydrogen) atoms. The van der Waals surface area contributed by atoms with Crippen LogP contribution < -0.4 is 14.8 Å². The molecule has 0 fully saturated rings. The van der Waals surface area contributed by atoms with E-state index in [4.69, 9.17) is 14.6 Å². The second-order valence-corrected chi connectivity index (χ2v) is 4.53. The predicted molar refractivity (Wildman–Crippen MR) is 69.5 cm³/mol. The molecule has 2 N–H and O–H groups in total. The number of nitrogens with zero attached hydrogens (tertiary/aromatic N) is 1. The Balaban J connectivity index is 1.83. The first-order valence-corrected chi connectivity index (χ1v) is 6.10. The number of carboxylic acids is 1. The van der Waals surface area contributed by atoms with Crippen LogP contribution in [0.1, 0.15) is 5.56 Å². The Labute approximate surface area is 116 Å². The Morgan fingerprint density at radius 2 is 2.10 bits per heavy atom. The maximum Gasteiger partial charge on any atom is 0.322 e. The molecule has 0 radical (unpaired) electrons. The van der Waals surface area contributed by atoms with Crippen molar-refractivity contribution in [3.63, 3.8) is 0 Å². The third kappa shape index (κ3) is 3.86. The van der Waals surface area contributed by atoms with E-state index < -0.39 is 5.97 Å². The van der Waals surface area contributed by atoms with Gasteiger partial charge in [-0.3, -0.25) is 14.5 Å². The number of ether oxygens (including phenoxy) is 2. The van der Waals surface area contributed by atoms with Gasteiger partial charge in [0.25, 0.3) is 0 Å². The highest BCUT2D eigenvalue weighted by atomic mass is 16.7. The van der Waals surface area contributed by atoms with Gasteiger partial charge in [0.2, 0.25) is 12.7 Å². The summed E-state index contributed by atoms with van der Waals surface area (Å²) in [6, 6.07) is 5.60. The molecule has 1 aromatic rings. The monoisotopic (exact) mass is 280 g/mol. The van der Waals surface area contributed by atoms with Gasteiger partial charge in [-0.1, -0.05) is 6.07 Å². The van der Waals surface area contributed by atoms with Crippen LogP contribution in [-0.2, 0) is 16.1 Å². The fraction of sp³-hybridized carbons (Fsp3) is 0.385. The number of carbonyl (C=O) groups is 2. The molecule has 0 unspecified atom stereocenters. The number of likely N-dealkylation sites (N-methyl/N-ethyl adjacent to an activating group) is 1. The van der Waals surface area contributed by atoms with Crippen molar-refractivity contribution in [3.8, 4) is 11.5 Å². The Bertz CT molecular complexity index is 517. The maximum atomic E-state index is 11.5. The molecule has 1 aromatic carbocycles. The van der Waals surface area contributed by atoms with Gasteiger partial charge in [0, 0.05) is 6.54 Å². The fourth-order valence-corrected chi connectivity index (χ4v) is 1.88. The minimum absolute atomic E-state index is 0.127. The van der Waals surface area contributed by atoms with Crippen molar-refractivity contribution in [2.75, 3.05) is 26.9 Å². The van der Waals surface area contributed by atoms with E-state index in [0.29, 0.717) is 12.3 Å². The summed E-state index contributed by atoms with van der Waals surface area (Å²) in [6.45, 7) is 0.543. The van der Waals surface area contributed by atoms with Crippen LogP contribution >= 0.6 is 0 Å². The van der Waals surface area contributed by atoms with Crippen LogP contribution in [0.25, 0.3) is 0 Å². The zero-order valence-corrected chi connectivity index (χ0v) is 11.1. The summed E-state index contributed by atoms with van der Waals surface area (Å²) in [4.78, 5) is 23.6. The maximum absolute atomic E-state index is 11.5. The van der Waals surface area contributed by atoms with E-state index in [0.717, 1.165) is 11.3 Å². The first-order valence-electron chi connectivity index (χ1n) is 6.10. The second kappa shape index (κ2) is 6.25. The highest BCUT2D eigenvalue weighted by Crippen LogP contribution is 2.32. The number of carbonyl (C=O) groups excluding carboxylic acids is 1. The van der Waals surface area contributed by atoms with Gasteiger partial charge in [0.1, 0.15) is 6.54 Å². The smallest absolute Gasteiger partial charge is 0.322 e. The molecule has 0 bridgehead atoms. The van der Waals surface area contributed by atoms with Crippen LogP contribution in [0.5, 0.6) is 11.5 Å². The van der Waals surface area contributed by atoms with Crippen molar-refractivity contribution in [1.29, 1.82) is 0 Å². The van der Waals surface area contributed by atoms with E-state index in [1.54, 1.807) is 11.9 Å².